The molecule has 3 aromatic rings. The maximum atomic E-state index is 13.9. The van der Waals surface area contributed by atoms with Crippen LogP contribution in [0, 0.1) is 5.92 Å². The molecule has 1 aliphatic carbocycles. The lowest BCUT2D eigenvalue weighted by atomic mass is 9.94. The molecule has 1 amide bonds. The number of piperidine rings is 1. The molecular formula is C28H27ClN2O3. The van der Waals surface area contributed by atoms with Crippen LogP contribution < -0.4 is 0 Å². The van der Waals surface area contributed by atoms with Gasteiger partial charge in [0, 0.05) is 29.4 Å². The van der Waals surface area contributed by atoms with Gasteiger partial charge in [-0.25, -0.2) is 4.98 Å². The van der Waals surface area contributed by atoms with Crippen molar-refractivity contribution in [2.45, 2.75) is 32.0 Å². The summed E-state index contributed by atoms with van der Waals surface area (Å²) in [6.07, 6.45) is 5.48. The molecule has 3 aliphatic rings. The van der Waals surface area contributed by atoms with Gasteiger partial charge in [-0.3, -0.25) is 4.79 Å². The van der Waals surface area contributed by atoms with E-state index in [0.29, 0.717) is 19.1 Å². The Morgan fingerprint density at radius 2 is 1.74 bits per heavy atom. The van der Waals surface area contributed by atoms with Gasteiger partial charge in [-0.05, 0) is 60.6 Å². The fourth-order valence-corrected chi connectivity index (χ4v) is 5.68. The first-order valence-corrected chi connectivity index (χ1v) is 12.5. The lowest BCUT2D eigenvalue weighted by Gasteiger charge is -2.34. The molecule has 174 valence electrons. The van der Waals surface area contributed by atoms with Gasteiger partial charge in [0.1, 0.15) is 0 Å². The summed E-state index contributed by atoms with van der Waals surface area (Å²) in [5, 5.41) is 1.66. The molecule has 0 atom stereocenters. The number of aromatic nitrogens is 1. The molecule has 0 bridgehead atoms. The number of benzene rings is 2. The number of likely N-dealkylation sites (tertiary alicyclic amines) is 1. The van der Waals surface area contributed by atoms with Gasteiger partial charge in [0.05, 0.1) is 30.0 Å². The average Bonchev–Trinajstić information content (AvgIpc) is 3.55. The molecular weight excluding hydrogens is 448 g/mol. The molecule has 0 unspecified atom stereocenters. The van der Waals surface area contributed by atoms with E-state index in [0.717, 1.165) is 82.7 Å². The SMILES string of the molecule is O=C(c1c2c(nc3ccccc13)/C(=C\c1ccccc1Cl)CC2)N1CCC(C2OCCO2)CC1. The third-order valence-corrected chi connectivity index (χ3v) is 7.59. The van der Waals surface area contributed by atoms with Crippen LogP contribution in [0.3, 0.4) is 0 Å². The Morgan fingerprint density at radius 3 is 2.53 bits per heavy atom. The fraction of sp³-hybridized carbons (Fsp3) is 0.357. The smallest absolute Gasteiger partial charge is 0.254 e. The Bertz CT molecular complexity index is 1270. The van der Waals surface area contributed by atoms with Crippen LogP contribution in [0.5, 0.6) is 0 Å². The predicted octanol–water partition coefficient (Wildman–Crippen LogP) is 5.60. The van der Waals surface area contributed by atoms with E-state index in [-0.39, 0.29) is 12.2 Å². The van der Waals surface area contributed by atoms with Crippen molar-refractivity contribution in [3.8, 4) is 0 Å². The second-order valence-corrected chi connectivity index (χ2v) is 9.67. The number of nitrogens with zero attached hydrogens (tertiary/aromatic N) is 2. The molecule has 2 aliphatic heterocycles. The van der Waals surface area contributed by atoms with E-state index in [1.54, 1.807) is 0 Å². The third-order valence-electron chi connectivity index (χ3n) is 7.25. The van der Waals surface area contributed by atoms with Crippen LogP contribution in [0.1, 0.15) is 46.4 Å². The number of hydrogen-bond acceptors (Lipinski definition) is 4. The quantitative estimate of drug-likeness (QED) is 0.495. The van der Waals surface area contributed by atoms with Gasteiger partial charge in [-0.2, -0.15) is 0 Å². The maximum Gasteiger partial charge on any atom is 0.254 e. The summed E-state index contributed by atoms with van der Waals surface area (Å²) in [5.41, 5.74) is 5.79. The normalized spacial score (nSPS) is 20.4. The second-order valence-electron chi connectivity index (χ2n) is 9.26. The van der Waals surface area contributed by atoms with Crippen molar-refractivity contribution in [1.82, 2.24) is 9.88 Å². The maximum absolute atomic E-state index is 13.9. The molecule has 6 heteroatoms. The Morgan fingerprint density at radius 1 is 1.00 bits per heavy atom. The molecule has 0 spiro atoms. The van der Waals surface area contributed by atoms with E-state index >= 15 is 0 Å². The number of fused-ring (bicyclic) bond motifs is 2. The van der Waals surface area contributed by atoms with Crippen molar-refractivity contribution in [2.24, 2.45) is 5.92 Å². The number of carbonyl (C=O) groups is 1. The Labute approximate surface area is 204 Å². The molecule has 0 N–H and O–H groups in total. The zero-order chi connectivity index (χ0) is 23.1. The van der Waals surface area contributed by atoms with Crippen LogP contribution >= 0.6 is 11.6 Å². The molecule has 0 saturated carbocycles. The minimum atomic E-state index is -0.110. The minimum absolute atomic E-state index is 0.110. The number of halogens is 1. The van der Waals surface area contributed by atoms with Crippen LogP contribution in [0.15, 0.2) is 48.5 Å². The van der Waals surface area contributed by atoms with Gasteiger partial charge in [-0.1, -0.05) is 48.0 Å². The molecule has 5 nitrogen and oxygen atoms in total. The molecule has 1 aromatic heterocycles. The molecule has 3 heterocycles. The van der Waals surface area contributed by atoms with Gasteiger partial charge >= 0.3 is 0 Å². The highest BCUT2D eigenvalue weighted by molar-refractivity contribution is 6.32. The van der Waals surface area contributed by atoms with E-state index in [1.807, 2.05) is 53.4 Å². The molecule has 2 aromatic carbocycles. The highest BCUT2D eigenvalue weighted by atomic mass is 35.5. The van der Waals surface area contributed by atoms with Crippen LogP contribution in [-0.4, -0.2) is 48.4 Å². The van der Waals surface area contributed by atoms with Crippen LogP contribution in [-0.2, 0) is 15.9 Å². The van der Waals surface area contributed by atoms with Crippen molar-refractivity contribution in [3.05, 3.63) is 75.9 Å². The van der Waals surface area contributed by atoms with E-state index in [1.165, 1.54) is 0 Å². The van der Waals surface area contributed by atoms with Crippen molar-refractivity contribution < 1.29 is 14.3 Å². The summed E-state index contributed by atoms with van der Waals surface area (Å²) in [6, 6.07) is 15.8. The lowest BCUT2D eigenvalue weighted by molar-refractivity contribution is -0.0956. The van der Waals surface area contributed by atoms with Gasteiger partial charge in [0.15, 0.2) is 6.29 Å². The molecule has 0 radical (unpaired) electrons. The number of ether oxygens (including phenoxy) is 2. The monoisotopic (exact) mass is 474 g/mol. The van der Waals surface area contributed by atoms with E-state index in [9.17, 15) is 4.79 Å². The summed E-state index contributed by atoms with van der Waals surface area (Å²) >= 11 is 6.42. The highest BCUT2D eigenvalue weighted by Crippen LogP contribution is 2.39. The van der Waals surface area contributed by atoms with Gasteiger partial charge in [0.2, 0.25) is 0 Å². The number of carbonyl (C=O) groups excluding carboxylic acids is 1. The number of hydrogen-bond donors (Lipinski definition) is 0. The largest absolute Gasteiger partial charge is 0.350 e. The van der Waals surface area contributed by atoms with Crippen molar-refractivity contribution >= 4 is 40.1 Å². The Balaban J connectivity index is 1.35. The molecule has 34 heavy (non-hydrogen) atoms. The summed E-state index contributed by atoms with van der Waals surface area (Å²) in [7, 11) is 0. The standard InChI is InChI=1S/C28H27ClN2O3/c29-23-7-3-1-5-19(23)17-20-9-10-22-25(21-6-2-4-8-24(21)30-26(20)22)27(32)31-13-11-18(12-14-31)28-33-15-16-34-28/h1-8,17-18,28H,9-16H2/b20-17-. The molecule has 6 rings (SSSR count). The first-order chi connectivity index (χ1) is 16.7. The fourth-order valence-electron chi connectivity index (χ4n) is 5.48. The van der Waals surface area contributed by atoms with Gasteiger partial charge < -0.3 is 14.4 Å². The highest BCUT2D eigenvalue weighted by Gasteiger charge is 2.34. The van der Waals surface area contributed by atoms with Gasteiger partial charge in [0.25, 0.3) is 5.91 Å². The minimum Gasteiger partial charge on any atom is -0.350 e. The molecule has 2 saturated heterocycles. The summed E-state index contributed by atoms with van der Waals surface area (Å²) in [5.74, 6) is 0.470. The van der Waals surface area contributed by atoms with Crippen LogP contribution in [0.25, 0.3) is 22.6 Å². The van der Waals surface area contributed by atoms with Crippen molar-refractivity contribution in [1.29, 1.82) is 0 Å². The first kappa shape index (κ1) is 21.8. The number of allylic oxidation sites excluding steroid dienone is 1. The Hall–Kier alpha value is -2.73. The number of para-hydroxylation sites is 1. The number of pyridine rings is 1. The Kier molecular flexibility index (Phi) is 5.85. The predicted molar refractivity (Wildman–Crippen MR) is 134 cm³/mol. The second kappa shape index (κ2) is 9.14. The zero-order valence-corrected chi connectivity index (χ0v) is 19.8. The third kappa shape index (κ3) is 3.92. The summed E-state index contributed by atoms with van der Waals surface area (Å²) in [4.78, 5) is 20.9. The van der Waals surface area contributed by atoms with Gasteiger partial charge in [-0.15, -0.1) is 0 Å². The zero-order valence-electron chi connectivity index (χ0n) is 19.0. The summed E-state index contributed by atoms with van der Waals surface area (Å²) < 4.78 is 11.4. The van der Waals surface area contributed by atoms with Crippen LogP contribution in [0.2, 0.25) is 5.02 Å². The van der Waals surface area contributed by atoms with E-state index < -0.39 is 0 Å². The topological polar surface area (TPSA) is 51.7 Å². The number of rotatable bonds is 3. The van der Waals surface area contributed by atoms with Crippen LogP contribution in [0.4, 0.5) is 0 Å². The van der Waals surface area contributed by atoms with E-state index in [2.05, 4.69) is 6.08 Å². The first-order valence-electron chi connectivity index (χ1n) is 12.1. The summed E-state index contributed by atoms with van der Waals surface area (Å²) in [6.45, 7) is 2.78. The van der Waals surface area contributed by atoms with Crippen molar-refractivity contribution in [3.63, 3.8) is 0 Å². The average molecular weight is 475 g/mol. The lowest BCUT2D eigenvalue weighted by Crippen LogP contribution is -2.41. The van der Waals surface area contributed by atoms with E-state index in [4.69, 9.17) is 26.1 Å². The molecule has 2 fully saturated rings. The van der Waals surface area contributed by atoms with Crippen molar-refractivity contribution in [2.75, 3.05) is 26.3 Å². The number of amides is 1.